The first-order valence-electron chi connectivity index (χ1n) is 5.51. The monoisotopic (exact) mass is 202 g/mol. The summed E-state index contributed by atoms with van der Waals surface area (Å²) >= 11 is 0. The van der Waals surface area contributed by atoms with Crippen LogP contribution in [0.5, 0.6) is 0 Å². The van der Waals surface area contributed by atoms with Crippen LogP contribution in [0.2, 0.25) is 0 Å². The van der Waals surface area contributed by atoms with Gasteiger partial charge in [0.15, 0.2) is 0 Å². The molecule has 4 heteroatoms. The summed E-state index contributed by atoms with van der Waals surface area (Å²) in [7, 11) is 0. The molecule has 4 N–H and O–H groups in total. The maximum absolute atomic E-state index is 9.37. The van der Waals surface area contributed by atoms with Crippen LogP contribution in [0, 0.1) is 0 Å². The lowest BCUT2D eigenvalue weighted by atomic mass is 9.91. The van der Waals surface area contributed by atoms with Crippen LogP contribution >= 0.6 is 0 Å². The molecule has 1 unspecified atom stereocenters. The highest BCUT2D eigenvalue weighted by molar-refractivity contribution is 4.81. The average molecular weight is 202 g/mol. The normalized spacial score (nSPS) is 19.7. The van der Waals surface area contributed by atoms with Gasteiger partial charge in [-0.2, -0.15) is 0 Å². The fourth-order valence-electron chi connectivity index (χ4n) is 1.80. The number of rotatable bonds is 7. The van der Waals surface area contributed by atoms with Crippen molar-refractivity contribution in [3.8, 4) is 0 Å². The van der Waals surface area contributed by atoms with Gasteiger partial charge in [0.25, 0.3) is 0 Å². The van der Waals surface area contributed by atoms with E-state index in [0.29, 0.717) is 19.1 Å². The van der Waals surface area contributed by atoms with Crippen molar-refractivity contribution in [1.82, 2.24) is 4.90 Å². The first-order chi connectivity index (χ1) is 6.77. The summed E-state index contributed by atoms with van der Waals surface area (Å²) in [5.41, 5.74) is 5.46. The molecule has 84 valence electrons. The van der Waals surface area contributed by atoms with E-state index >= 15 is 0 Å². The molecule has 0 radical (unpaired) electrons. The second kappa shape index (κ2) is 6.35. The van der Waals surface area contributed by atoms with E-state index in [2.05, 4.69) is 4.90 Å². The molecule has 0 heterocycles. The van der Waals surface area contributed by atoms with Crippen LogP contribution in [-0.4, -0.2) is 53.5 Å². The predicted molar refractivity (Wildman–Crippen MR) is 56.0 cm³/mol. The molecule has 0 aromatic rings. The summed E-state index contributed by atoms with van der Waals surface area (Å²) in [6.07, 6.45) is 4.10. The van der Waals surface area contributed by atoms with Gasteiger partial charge >= 0.3 is 0 Å². The molecule has 0 aliphatic heterocycles. The van der Waals surface area contributed by atoms with Crippen molar-refractivity contribution in [2.24, 2.45) is 5.73 Å². The van der Waals surface area contributed by atoms with E-state index in [1.165, 1.54) is 19.3 Å². The van der Waals surface area contributed by atoms with Crippen LogP contribution in [0.1, 0.15) is 25.7 Å². The predicted octanol–water partition coefficient (Wildman–Crippen LogP) is -0.457. The van der Waals surface area contributed by atoms with E-state index in [1.807, 2.05) is 0 Å². The van der Waals surface area contributed by atoms with E-state index in [9.17, 15) is 5.11 Å². The lowest BCUT2D eigenvalue weighted by Crippen LogP contribution is -2.45. The van der Waals surface area contributed by atoms with Gasteiger partial charge in [-0.1, -0.05) is 6.42 Å². The van der Waals surface area contributed by atoms with Crippen LogP contribution in [0.3, 0.4) is 0 Å². The molecule has 0 aromatic heterocycles. The SMILES string of the molecule is NCCCN(CC(O)CO)C1CCC1. The van der Waals surface area contributed by atoms with Crippen molar-refractivity contribution in [1.29, 1.82) is 0 Å². The Morgan fingerprint density at radius 3 is 2.57 bits per heavy atom. The number of hydrogen-bond acceptors (Lipinski definition) is 4. The van der Waals surface area contributed by atoms with Gasteiger partial charge in [0.2, 0.25) is 0 Å². The molecule has 0 aromatic carbocycles. The highest BCUT2D eigenvalue weighted by Crippen LogP contribution is 2.24. The van der Waals surface area contributed by atoms with Crippen molar-refractivity contribution in [2.75, 3.05) is 26.2 Å². The van der Waals surface area contributed by atoms with Gasteiger partial charge < -0.3 is 15.9 Å². The molecule has 0 bridgehead atoms. The molecule has 0 spiro atoms. The number of nitrogens with zero attached hydrogens (tertiary/aromatic N) is 1. The number of nitrogens with two attached hydrogens (primary N) is 1. The van der Waals surface area contributed by atoms with E-state index in [-0.39, 0.29) is 6.61 Å². The standard InChI is InChI=1S/C10H22N2O2/c11-5-2-6-12(7-10(14)8-13)9-3-1-4-9/h9-10,13-14H,1-8,11H2. The van der Waals surface area contributed by atoms with Crippen LogP contribution in [0.4, 0.5) is 0 Å². The first kappa shape index (κ1) is 11.9. The van der Waals surface area contributed by atoms with E-state index in [0.717, 1.165) is 13.0 Å². The summed E-state index contributed by atoms with van der Waals surface area (Å²) in [6, 6.07) is 0.614. The van der Waals surface area contributed by atoms with Gasteiger partial charge in [-0.05, 0) is 32.4 Å². The maximum Gasteiger partial charge on any atom is 0.0897 e. The third-order valence-corrected chi connectivity index (χ3v) is 2.90. The Morgan fingerprint density at radius 1 is 1.43 bits per heavy atom. The molecule has 1 atom stereocenters. The van der Waals surface area contributed by atoms with Crippen LogP contribution in [0.15, 0.2) is 0 Å². The molecule has 1 rings (SSSR count). The Labute approximate surface area is 85.7 Å². The second-order valence-electron chi connectivity index (χ2n) is 4.06. The van der Waals surface area contributed by atoms with E-state index < -0.39 is 6.10 Å². The molecule has 1 aliphatic carbocycles. The van der Waals surface area contributed by atoms with Gasteiger partial charge in [0.05, 0.1) is 12.7 Å². The van der Waals surface area contributed by atoms with Crippen molar-refractivity contribution in [2.45, 2.75) is 37.8 Å². The van der Waals surface area contributed by atoms with E-state index in [4.69, 9.17) is 10.8 Å². The smallest absolute Gasteiger partial charge is 0.0897 e. The number of aliphatic hydroxyl groups is 2. The topological polar surface area (TPSA) is 69.7 Å². The minimum Gasteiger partial charge on any atom is -0.394 e. The Balaban J connectivity index is 2.27. The number of hydrogen-bond donors (Lipinski definition) is 3. The fraction of sp³-hybridized carbons (Fsp3) is 1.00. The summed E-state index contributed by atoms with van der Waals surface area (Å²) in [4.78, 5) is 2.26. The van der Waals surface area contributed by atoms with Crippen molar-refractivity contribution < 1.29 is 10.2 Å². The Hall–Kier alpha value is -0.160. The van der Waals surface area contributed by atoms with Gasteiger partial charge in [-0.25, -0.2) is 0 Å². The van der Waals surface area contributed by atoms with Gasteiger partial charge in [0.1, 0.15) is 0 Å². The molecule has 4 nitrogen and oxygen atoms in total. The summed E-state index contributed by atoms with van der Waals surface area (Å²) in [5, 5.41) is 18.2. The maximum atomic E-state index is 9.37. The Morgan fingerprint density at radius 2 is 2.14 bits per heavy atom. The minimum atomic E-state index is -0.603. The lowest BCUT2D eigenvalue weighted by molar-refractivity contribution is 0.0277. The largest absolute Gasteiger partial charge is 0.394 e. The second-order valence-corrected chi connectivity index (χ2v) is 4.06. The van der Waals surface area contributed by atoms with Crippen molar-refractivity contribution in [3.63, 3.8) is 0 Å². The third-order valence-electron chi connectivity index (χ3n) is 2.90. The quantitative estimate of drug-likeness (QED) is 0.522. The zero-order chi connectivity index (χ0) is 10.4. The molecule has 14 heavy (non-hydrogen) atoms. The summed E-state index contributed by atoms with van der Waals surface area (Å²) in [5.74, 6) is 0. The highest BCUT2D eigenvalue weighted by atomic mass is 16.3. The highest BCUT2D eigenvalue weighted by Gasteiger charge is 2.25. The average Bonchev–Trinajstić information content (AvgIpc) is 2.11. The van der Waals surface area contributed by atoms with Gasteiger partial charge in [0, 0.05) is 12.6 Å². The fourth-order valence-corrected chi connectivity index (χ4v) is 1.80. The molecular weight excluding hydrogens is 180 g/mol. The minimum absolute atomic E-state index is 0.147. The van der Waals surface area contributed by atoms with Gasteiger partial charge in [-0.15, -0.1) is 0 Å². The zero-order valence-corrected chi connectivity index (χ0v) is 8.73. The van der Waals surface area contributed by atoms with Crippen molar-refractivity contribution >= 4 is 0 Å². The molecule has 1 saturated carbocycles. The van der Waals surface area contributed by atoms with Crippen molar-refractivity contribution in [3.05, 3.63) is 0 Å². The molecule has 1 aliphatic rings. The Bertz CT molecular complexity index is 151. The molecular formula is C10H22N2O2. The summed E-state index contributed by atoms with van der Waals surface area (Å²) < 4.78 is 0. The zero-order valence-electron chi connectivity index (χ0n) is 8.73. The van der Waals surface area contributed by atoms with Crippen LogP contribution in [-0.2, 0) is 0 Å². The van der Waals surface area contributed by atoms with Crippen LogP contribution < -0.4 is 5.73 Å². The molecule has 1 fully saturated rings. The molecule has 0 amide bonds. The van der Waals surface area contributed by atoms with Gasteiger partial charge in [-0.3, -0.25) is 4.90 Å². The molecule has 0 saturated heterocycles. The lowest BCUT2D eigenvalue weighted by Gasteiger charge is -2.38. The third kappa shape index (κ3) is 3.53. The first-order valence-corrected chi connectivity index (χ1v) is 5.51. The number of aliphatic hydroxyl groups excluding tert-OH is 2. The summed E-state index contributed by atoms with van der Waals surface area (Å²) in [6.45, 7) is 2.07. The van der Waals surface area contributed by atoms with E-state index in [1.54, 1.807) is 0 Å². The Kier molecular flexibility index (Phi) is 5.40. The van der Waals surface area contributed by atoms with Crippen LogP contribution in [0.25, 0.3) is 0 Å².